The number of hydrogen-bond acceptors (Lipinski definition) is 4. The number of nitrogens with zero attached hydrogens (tertiary/aromatic N) is 1. The number of benzene rings is 2. The Labute approximate surface area is 174 Å². The van der Waals surface area contributed by atoms with Crippen molar-refractivity contribution in [1.82, 2.24) is 10.2 Å². The highest BCUT2D eigenvalue weighted by Crippen LogP contribution is 2.31. The Morgan fingerprint density at radius 1 is 1.11 bits per heavy atom. The van der Waals surface area contributed by atoms with Crippen LogP contribution in [0.1, 0.15) is 18.1 Å². The van der Waals surface area contributed by atoms with Crippen LogP contribution >= 0.6 is 24.0 Å². The minimum absolute atomic E-state index is 0.0731. The Bertz CT molecular complexity index is 938. The number of carbonyl (C=O) groups excluding carboxylic acids is 2. The van der Waals surface area contributed by atoms with Crippen LogP contribution in [0.15, 0.2) is 77.2 Å². The van der Waals surface area contributed by atoms with E-state index in [4.69, 9.17) is 12.2 Å². The molecule has 1 N–H and O–H groups in total. The Balaban J connectivity index is 1.61. The first-order chi connectivity index (χ1) is 13.5. The van der Waals surface area contributed by atoms with Crippen LogP contribution in [0.2, 0.25) is 0 Å². The minimum Gasteiger partial charge on any atom is -0.350 e. The number of thiocarbonyl (C=S) groups is 1. The lowest BCUT2D eigenvalue weighted by Gasteiger charge is -2.14. The zero-order valence-corrected chi connectivity index (χ0v) is 17.1. The fraction of sp³-hybridized carbons (Fsp3) is 0.136. The average Bonchev–Trinajstić information content (AvgIpc) is 2.95. The van der Waals surface area contributed by atoms with Crippen molar-refractivity contribution in [2.45, 2.75) is 13.5 Å². The van der Waals surface area contributed by atoms with Gasteiger partial charge in [-0.15, -0.1) is 0 Å². The van der Waals surface area contributed by atoms with Gasteiger partial charge in [0.2, 0.25) is 5.91 Å². The van der Waals surface area contributed by atoms with Gasteiger partial charge < -0.3 is 5.32 Å². The molecule has 1 aliphatic rings. The Morgan fingerprint density at radius 2 is 1.75 bits per heavy atom. The van der Waals surface area contributed by atoms with Crippen LogP contribution < -0.4 is 5.32 Å². The lowest BCUT2D eigenvalue weighted by molar-refractivity contribution is -0.128. The molecule has 6 heteroatoms. The van der Waals surface area contributed by atoms with Gasteiger partial charge >= 0.3 is 0 Å². The van der Waals surface area contributed by atoms with Gasteiger partial charge in [-0.3, -0.25) is 14.5 Å². The maximum atomic E-state index is 12.7. The van der Waals surface area contributed by atoms with Crippen LogP contribution in [0.4, 0.5) is 0 Å². The zero-order valence-electron chi connectivity index (χ0n) is 15.4. The summed E-state index contributed by atoms with van der Waals surface area (Å²) >= 11 is 6.53. The van der Waals surface area contributed by atoms with Gasteiger partial charge in [-0.05, 0) is 29.7 Å². The molecule has 3 rings (SSSR count). The molecule has 142 valence electrons. The molecule has 2 aromatic rings. The lowest BCUT2D eigenvalue weighted by Crippen LogP contribution is -2.39. The first-order valence-electron chi connectivity index (χ1n) is 8.82. The van der Waals surface area contributed by atoms with E-state index in [0.29, 0.717) is 15.8 Å². The maximum Gasteiger partial charge on any atom is 0.266 e. The number of nitrogens with one attached hydrogen (secondary N) is 1. The van der Waals surface area contributed by atoms with Gasteiger partial charge in [-0.25, -0.2) is 0 Å². The molecule has 28 heavy (non-hydrogen) atoms. The second-order valence-corrected chi connectivity index (χ2v) is 8.00. The van der Waals surface area contributed by atoms with E-state index in [1.165, 1.54) is 16.7 Å². The summed E-state index contributed by atoms with van der Waals surface area (Å²) in [5.74, 6) is -0.469. The molecule has 1 fully saturated rings. The summed E-state index contributed by atoms with van der Waals surface area (Å²) in [6, 6.07) is 19.5. The number of amides is 2. The van der Waals surface area contributed by atoms with Crippen molar-refractivity contribution in [2.24, 2.45) is 0 Å². The van der Waals surface area contributed by atoms with Gasteiger partial charge in [-0.1, -0.05) is 90.7 Å². The topological polar surface area (TPSA) is 49.4 Å². The first kappa shape index (κ1) is 20.0. The molecule has 0 unspecified atom stereocenters. The van der Waals surface area contributed by atoms with E-state index in [0.717, 1.165) is 16.7 Å². The molecule has 0 aliphatic carbocycles. The van der Waals surface area contributed by atoms with Gasteiger partial charge in [-0.2, -0.15) is 0 Å². The van der Waals surface area contributed by atoms with Gasteiger partial charge in [0, 0.05) is 6.54 Å². The number of hydrogen-bond donors (Lipinski definition) is 1. The fourth-order valence-corrected chi connectivity index (χ4v) is 4.00. The molecule has 0 bridgehead atoms. The number of thioether (sulfide) groups is 1. The van der Waals surface area contributed by atoms with Crippen LogP contribution in [-0.2, 0) is 16.1 Å². The van der Waals surface area contributed by atoms with Gasteiger partial charge in [0.25, 0.3) is 5.91 Å². The Morgan fingerprint density at radius 3 is 2.43 bits per heavy atom. The molecular weight excluding hydrogens is 388 g/mol. The molecule has 1 saturated heterocycles. The third-order valence-corrected chi connectivity index (χ3v) is 5.44. The van der Waals surface area contributed by atoms with E-state index in [9.17, 15) is 9.59 Å². The third-order valence-electron chi connectivity index (χ3n) is 4.06. The van der Waals surface area contributed by atoms with Crippen molar-refractivity contribution in [2.75, 3.05) is 6.54 Å². The molecule has 0 aromatic heterocycles. The summed E-state index contributed by atoms with van der Waals surface area (Å²) < 4.78 is 0.402. The SMILES string of the molecule is CC(/C=C1\SC(=S)N(CC(=O)NCc2ccccc2)C1=O)=C\c1ccccc1. The normalized spacial score (nSPS) is 16.0. The largest absolute Gasteiger partial charge is 0.350 e. The predicted octanol–water partition coefficient (Wildman–Crippen LogP) is 4.15. The Hall–Kier alpha value is -2.70. The summed E-state index contributed by atoms with van der Waals surface area (Å²) in [5, 5.41) is 2.82. The molecule has 2 amide bonds. The van der Waals surface area contributed by atoms with E-state index in [1.54, 1.807) is 0 Å². The van der Waals surface area contributed by atoms with Crippen molar-refractivity contribution in [1.29, 1.82) is 0 Å². The molecular formula is C22H20N2O2S2. The van der Waals surface area contributed by atoms with E-state index < -0.39 is 0 Å². The number of carbonyl (C=O) groups is 2. The summed E-state index contributed by atoms with van der Waals surface area (Å²) in [4.78, 5) is 26.8. The zero-order chi connectivity index (χ0) is 19.9. The molecule has 0 radical (unpaired) electrons. The third kappa shape index (κ3) is 5.41. The lowest BCUT2D eigenvalue weighted by atomic mass is 10.1. The predicted molar refractivity (Wildman–Crippen MR) is 118 cm³/mol. The summed E-state index contributed by atoms with van der Waals surface area (Å²) in [6.45, 7) is 2.28. The maximum absolute atomic E-state index is 12.7. The van der Waals surface area contributed by atoms with Gasteiger partial charge in [0.05, 0.1) is 4.91 Å². The summed E-state index contributed by atoms with van der Waals surface area (Å²) in [5.41, 5.74) is 3.01. The summed E-state index contributed by atoms with van der Waals surface area (Å²) in [7, 11) is 0. The number of rotatable bonds is 6. The smallest absolute Gasteiger partial charge is 0.266 e. The van der Waals surface area contributed by atoms with Crippen molar-refractivity contribution in [3.63, 3.8) is 0 Å². The minimum atomic E-state index is -0.238. The molecule has 1 aliphatic heterocycles. The molecule has 1 heterocycles. The van der Waals surface area contributed by atoms with E-state index >= 15 is 0 Å². The highest BCUT2D eigenvalue weighted by atomic mass is 32.2. The second kappa shape index (κ2) is 9.48. The van der Waals surface area contributed by atoms with Crippen molar-refractivity contribution in [3.8, 4) is 0 Å². The highest BCUT2D eigenvalue weighted by molar-refractivity contribution is 8.26. The molecule has 4 nitrogen and oxygen atoms in total. The average molecular weight is 409 g/mol. The van der Waals surface area contributed by atoms with E-state index in [-0.39, 0.29) is 18.4 Å². The molecule has 0 saturated carbocycles. The molecule has 0 atom stereocenters. The van der Waals surface area contributed by atoms with E-state index in [2.05, 4.69) is 5.32 Å². The standard InChI is InChI=1S/C22H20N2O2S2/c1-16(12-17-8-4-2-5-9-17)13-19-21(26)24(22(27)28-19)15-20(25)23-14-18-10-6-3-7-11-18/h2-13H,14-15H2,1H3,(H,23,25)/b16-12+,19-13-. The van der Waals surface area contributed by atoms with Gasteiger partial charge in [0.15, 0.2) is 0 Å². The van der Waals surface area contributed by atoms with Crippen LogP contribution in [0.5, 0.6) is 0 Å². The van der Waals surface area contributed by atoms with Crippen molar-refractivity contribution < 1.29 is 9.59 Å². The monoisotopic (exact) mass is 408 g/mol. The van der Waals surface area contributed by atoms with Crippen LogP contribution in [-0.4, -0.2) is 27.6 Å². The van der Waals surface area contributed by atoms with Crippen molar-refractivity contribution in [3.05, 3.63) is 88.3 Å². The van der Waals surface area contributed by atoms with Gasteiger partial charge in [0.1, 0.15) is 10.9 Å². The number of allylic oxidation sites excluding steroid dienone is 2. The second-order valence-electron chi connectivity index (χ2n) is 6.33. The van der Waals surface area contributed by atoms with Crippen LogP contribution in [0, 0.1) is 0 Å². The highest BCUT2D eigenvalue weighted by Gasteiger charge is 2.33. The quantitative estimate of drug-likeness (QED) is 0.576. The van der Waals surface area contributed by atoms with Crippen LogP contribution in [0.3, 0.4) is 0 Å². The molecule has 0 spiro atoms. The van der Waals surface area contributed by atoms with Crippen LogP contribution in [0.25, 0.3) is 6.08 Å². The Kier molecular flexibility index (Phi) is 6.79. The first-order valence-corrected chi connectivity index (χ1v) is 10.0. The van der Waals surface area contributed by atoms with E-state index in [1.807, 2.05) is 79.7 Å². The van der Waals surface area contributed by atoms with Crippen molar-refractivity contribution >= 4 is 46.2 Å². The fourth-order valence-electron chi connectivity index (χ4n) is 2.69. The summed E-state index contributed by atoms with van der Waals surface area (Å²) in [6.07, 6.45) is 3.81. The molecule has 2 aromatic carbocycles.